The molecule has 7 nitrogen and oxygen atoms in total. The summed E-state index contributed by atoms with van der Waals surface area (Å²) >= 11 is 0. The van der Waals surface area contributed by atoms with Gasteiger partial charge in [-0.3, -0.25) is 4.79 Å². The van der Waals surface area contributed by atoms with Crippen molar-refractivity contribution < 1.29 is 19.0 Å². The van der Waals surface area contributed by atoms with Crippen molar-refractivity contribution in [3.8, 4) is 28.4 Å². The number of carbonyl (C=O) groups is 1. The smallest absolute Gasteiger partial charge is 0.257 e. The lowest BCUT2D eigenvalue weighted by Crippen LogP contribution is -2.44. The number of amides is 1. The minimum atomic E-state index is -0.0582. The molecular weight excluding hydrogens is 382 g/mol. The normalized spacial score (nSPS) is 16.4. The summed E-state index contributed by atoms with van der Waals surface area (Å²) < 4.78 is 18.1. The molecule has 1 fully saturated rings. The Hall–Kier alpha value is -3.32. The Morgan fingerprint density at radius 3 is 2.57 bits per heavy atom. The minimum absolute atomic E-state index is 0.0106. The van der Waals surface area contributed by atoms with Crippen LogP contribution in [0.1, 0.15) is 17.3 Å². The van der Waals surface area contributed by atoms with E-state index in [4.69, 9.17) is 19.3 Å². The Labute approximate surface area is 175 Å². The molecule has 0 bridgehead atoms. The summed E-state index contributed by atoms with van der Waals surface area (Å²) in [5.74, 6) is 1.15. The lowest BCUT2D eigenvalue weighted by molar-refractivity contribution is -0.0123. The SMILES string of the molecule is COc1ccc(-c2nn(-c3ccccc3)cc2C(=O)N2CCOC(C)C2)cc1OC. The topological polar surface area (TPSA) is 65.8 Å². The molecule has 0 saturated carbocycles. The maximum atomic E-state index is 13.4. The summed E-state index contributed by atoms with van der Waals surface area (Å²) in [5.41, 5.74) is 2.81. The summed E-state index contributed by atoms with van der Waals surface area (Å²) in [6.45, 7) is 3.62. The van der Waals surface area contributed by atoms with E-state index in [2.05, 4.69) is 0 Å². The summed E-state index contributed by atoms with van der Waals surface area (Å²) in [6.07, 6.45) is 1.81. The number of rotatable bonds is 5. The fourth-order valence-electron chi connectivity index (χ4n) is 3.61. The van der Waals surface area contributed by atoms with E-state index in [0.29, 0.717) is 42.5 Å². The highest BCUT2D eigenvalue weighted by Crippen LogP contribution is 2.34. The van der Waals surface area contributed by atoms with Crippen LogP contribution in [0.2, 0.25) is 0 Å². The number of methoxy groups -OCH3 is 2. The third-order valence-electron chi connectivity index (χ3n) is 5.15. The monoisotopic (exact) mass is 407 g/mol. The van der Waals surface area contributed by atoms with E-state index in [1.54, 1.807) is 25.1 Å². The van der Waals surface area contributed by atoms with E-state index in [1.807, 2.05) is 60.4 Å². The molecule has 7 heteroatoms. The Balaban J connectivity index is 1.80. The molecule has 156 valence electrons. The standard InChI is InChI=1S/C23H25N3O4/c1-16-14-25(11-12-30-16)23(27)19-15-26(18-7-5-4-6-8-18)24-22(19)17-9-10-20(28-2)21(13-17)29-3/h4-10,13,15-16H,11-12,14H2,1-3H3. The van der Waals surface area contributed by atoms with E-state index in [1.165, 1.54) is 0 Å². The lowest BCUT2D eigenvalue weighted by atomic mass is 10.1. The van der Waals surface area contributed by atoms with Crippen molar-refractivity contribution in [2.75, 3.05) is 33.9 Å². The van der Waals surface area contributed by atoms with Crippen LogP contribution in [0, 0.1) is 0 Å². The van der Waals surface area contributed by atoms with Crippen LogP contribution in [0.5, 0.6) is 11.5 Å². The molecule has 1 aromatic heterocycles. The molecule has 1 aliphatic rings. The first-order valence-electron chi connectivity index (χ1n) is 9.89. The molecule has 1 amide bonds. The predicted molar refractivity (Wildman–Crippen MR) is 113 cm³/mol. The van der Waals surface area contributed by atoms with Crippen LogP contribution >= 0.6 is 0 Å². The molecule has 0 aliphatic carbocycles. The number of para-hydroxylation sites is 1. The highest BCUT2D eigenvalue weighted by atomic mass is 16.5. The molecule has 2 aromatic carbocycles. The maximum absolute atomic E-state index is 13.4. The predicted octanol–water partition coefficient (Wildman–Crippen LogP) is 3.42. The molecule has 2 heterocycles. The first kappa shape index (κ1) is 20.0. The van der Waals surface area contributed by atoms with E-state index >= 15 is 0 Å². The maximum Gasteiger partial charge on any atom is 0.257 e. The molecule has 4 rings (SSSR count). The second-order valence-corrected chi connectivity index (χ2v) is 7.17. The molecule has 0 radical (unpaired) electrons. The van der Waals surface area contributed by atoms with Gasteiger partial charge in [-0.1, -0.05) is 18.2 Å². The average molecular weight is 407 g/mol. The zero-order valence-electron chi connectivity index (χ0n) is 17.4. The molecule has 3 aromatic rings. The molecule has 0 spiro atoms. The van der Waals surface area contributed by atoms with E-state index in [9.17, 15) is 4.79 Å². The molecule has 1 aliphatic heterocycles. The van der Waals surface area contributed by atoms with Gasteiger partial charge in [-0.25, -0.2) is 4.68 Å². The number of hydrogen-bond donors (Lipinski definition) is 0. The third kappa shape index (κ3) is 3.89. The van der Waals surface area contributed by atoms with Crippen molar-refractivity contribution in [1.29, 1.82) is 0 Å². The van der Waals surface area contributed by atoms with Gasteiger partial charge >= 0.3 is 0 Å². The van der Waals surface area contributed by atoms with Gasteiger partial charge in [0.2, 0.25) is 0 Å². The van der Waals surface area contributed by atoms with Crippen molar-refractivity contribution in [3.05, 3.63) is 60.3 Å². The average Bonchev–Trinajstić information content (AvgIpc) is 3.24. The fourth-order valence-corrected chi connectivity index (χ4v) is 3.61. The molecule has 0 N–H and O–H groups in total. The number of carbonyl (C=O) groups excluding carboxylic acids is 1. The van der Waals surface area contributed by atoms with E-state index in [-0.39, 0.29) is 12.0 Å². The van der Waals surface area contributed by atoms with Gasteiger partial charge in [-0.15, -0.1) is 0 Å². The van der Waals surface area contributed by atoms with Crippen LogP contribution in [0.25, 0.3) is 16.9 Å². The van der Waals surface area contributed by atoms with Gasteiger partial charge in [0.1, 0.15) is 5.69 Å². The number of aromatic nitrogens is 2. The number of hydrogen-bond acceptors (Lipinski definition) is 5. The van der Waals surface area contributed by atoms with Crippen LogP contribution in [0.4, 0.5) is 0 Å². The van der Waals surface area contributed by atoms with E-state index in [0.717, 1.165) is 11.3 Å². The van der Waals surface area contributed by atoms with Crippen molar-refractivity contribution >= 4 is 5.91 Å². The summed E-state index contributed by atoms with van der Waals surface area (Å²) in [7, 11) is 3.18. The Kier molecular flexibility index (Phi) is 5.72. The Morgan fingerprint density at radius 1 is 1.10 bits per heavy atom. The first-order valence-corrected chi connectivity index (χ1v) is 9.89. The van der Waals surface area contributed by atoms with Crippen LogP contribution in [0.3, 0.4) is 0 Å². The van der Waals surface area contributed by atoms with Gasteiger partial charge in [0.15, 0.2) is 11.5 Å². The number of ether oxygens (including phenoxy) is 3. The van der Waals surface area contributed by atoms with Crippen molar-refractivity contribution in [2.24, 2.45) is 0 Å². The van der Waals surface area contributed by atoms with Crippen LogP contribution < -0.4 is 9.47 Å². The second kappa shape index (κ2) is 8.59. The highest BCUT2D eigenvalue weighted by Gasteiger charge is 2.27. The quantitative estimate of drug-likeness (QED) is 0.648. The molecule has 1 saturated heterocycles. The highest BCUT2D eigenvalue weighted by molar-refractivity contribution is 6.00. The molecule has 30 heavy (non-hydrogen) atoms. The van der Waals surface area contributed by atoms with E-state index < -0.39 is 0 Å². The van der Waals surface area contributed by atoms with Gasteiger partial charge in [-0.05, 0) is 37.3 Å². The molecule has 1 atom stereocenters. The van der Waals surface area contributed by atoms with Crippen LogP contribution in [-0.4, -0.2) is 60.6 Å². The first-order chi connectivity index (χ1) is 14.6. The van der Waals surface area contributed by atoms with Crippen LogP contribution in [0.15, 0.2) is 54.7 Å². The van der Waals surface area contributed by atoms with Gasteiger partial charge < -0.3 is 19.1 Å². The van der Waals surface area contributed by atoms with Crippen molar-refractivity contribution in [2.45, 2.75) is 13.0 Å². The number of benzene rings is 2. The summed E-state index contributed by atoms with van der Waals surface area (Å²) in [5, 5.41) is 4.76. The Bertz CT molecular complexity index is 1030. The summed E-state index contributed by atoms with van der Waals surface area (Å²) in [6, 6.07) is 15.3. The lowest BCUT2D eigenvalue weighted by Gasteiger charge is -2.31. The van der Waals surface area contributed by atoms with Gasteiger partial charge in [0.25, 0.3) is 5.91 Å². The minimum Gasteiger partial charge on any atom is -0.493 e. The zero-order valence-corrected chi connectivity index (χ0v) is 17.4. The summed E-state index contributed by atoms with van der Waals surface area (Å²) in [4.78, 5) is 15.2. The fraction of sp³-hybridized carbons (Fsp3) is 0.304. The van der Waals surface area contributed by atoms with Crippen LogP contribution in [-0.2, 0) is 4.74 Å². The largest absolute Gasteiger partial charge is 0.493 e. The molecular formula is C23H25N3O4. The number of morpholine rings is 1. The Morgan fingerprint density at radius 2 is 1.87 bits per heavy atom. The molecule has 1 unspecified atom stereocenters. The number of nitrogens with zero attached hydrogens (tertiary/aromatic N) is 3. The second-order valence-electron chi connectivity index (χ2n) is 7.17. The van der Waals surface area contributed by atoms with Gasteiger partial charge in [-0.2, -0.15) is 5.10 Å². The van der Waals surface area contributed by atoms with Crippen molar-refractivity contribution in [3.63, 3.8) is 0 Å². The third-order valence-corrected chi connectivity index (χ3v) is 5.15. The zero-order chi connectivity index (χ0) is 21.1. The van der Waals surface area contributed by atoms with Gasteiger partial charge in [0.05, 0.1) is 38.2 Å². The van der Waals surface area contributed by atoms with Crippen molar-refractivity contribution in [1.82, 2.24) is 14.7 Å². The van der Waals surface area contributed by atoms with Gasteiger partial charge in [0, 0.05) is 24.8 Å².